The highest BCUT2D eigenvalue weighted by molar-refractivity contribution is 5.93. The summed E-state index contributed by atoms with van der Waals surface area (Å²) in [4.78, 5) is 10.7. The number of hydrogen-bond donors (Lipinski definition) is 1. The maximum atomic E-state index is 12.2. The third kappa shape index (κ3) is 1.41. The van der Waals surface area contributed by atoms with E-state index in [4.69, 9.17) is 7.10 Å². The van der Waals surface area contributed by atoms with Crippen LogP contribution in [0.1, 0.15) is 23.8 Å². The zero-order valence-corrected chi connectivity index (χ0v) is 6.21. The summed E-state index contributed by atoms with van der Waals surface area (Å²) in [6.45, 7) is 0. The highest BCUT2D eigenvalue weighted by Gasteiger charge is 2.20. The fourth-order valence-electron chi connectivity index (χ4n) is 0.790. The van der Waals surface area contributed by atoms with Crippen LogP contribution in [0.5, 0.6) is 0 Å². The van der Waals surface area contributed by atoms with Crippen molar-refractivity contribution in [2.45, 2.75) is 6.43 Å². The average Bonchev–Trinajstić information content (AvgIpc) is 2.28. The van der Waals surface area contributed by atoms with Crippen LogP contribution in [0.25, 0.3) is 0 Å². The standard InChI is InChI=1S/C6H7F2N3O/c1-11-2-3(6(9)12)4(10-11)5(7)8/h2,5H,1H3,(H2,9,12)/i2H. The molecule has 1 aromatic rings. The van der Waals surface area contributed by atoms with Crippen molar-refractivity contribution in [1.29, 1.82) is 0 Å². The molecule has 0 aromatic carbocycles. The van der Waals surface area contributed by atoms with Gasteiger partial charge in [0.2, 0.25) is 0 Å². The summed E-state index contributed by atoms with van der Waals surface area (Å²) in [5.74, 6) is -1.06. The third-order valence-corrected chi connectivity index (χ3v) is 1.24. The van der Waals surface area contributed by atoms with E-state index in [1.807, 2.05) is 0 Å². The number of nitrogens with two attached hydrogens (primary N) is 1. The normalized spacial score (nSPS) is 11.8. The molecule has 0 unspecified atom stereocenters. The number of carbonyl (C=O) groups is 1. The lowest BCUT2D eigenvalue weighted by Crippen LogP contribution is -2.12. The van der Waals surface area contributed by atoms with Gasteiger partial charge < -0.3 is 5.73 Å². The van der Waals surface area contributed by atoms with Crippen LogP contribution in [0.3, 0.4) is 0 Å². The molecular weight excluding hydrogens is 168 g/mol. The van der Waals surface area contributed by atoms with Crippen molar-refractivity contribution in [3.05, 3.63) is 17.4 Å². The monoisotopic (exact) mass is 175 g/mol. The van der Waals surface area contributed by atoms with Gasteiger partial charge >= 0.3 is 0 Å². The van der Waals surface area contributed by atoms with Crippen LogP contribution in [0.2, 0.25) is 0 Å². The number of amides is 1. The second-order valence-corrected chi connectivity index (χ2v) is 2.16. The Morgan fingerprint density at radius 2 is 2.50 bits per heavy atom. The molecule has 6 heteroatoms. The van der Waals surface area contributed by atoms with Gasteiger partial charge in [-0.2, -0.15) is 5.10 Å². The first-order valence-corrected chi connectivity index (χ1v) is 3.06. The Labute approximate surface area is 68.4 Å². The van der Waals surface area contributed by atoms with Crippen LogP contribution in [-0.4, -0.2) is 15.7 Å². The predicted octanol–water partition coefficient (Wildman–Crippen LogP) is 0.457. The summed E-state index contributed by atoms with van der Waals surface area (Å²) in [6, 6.07) is 0. The van der Waals surface area contributed by atoms with Gasteiger partial charge in [0, 0.05) is 13.2 Å². The highest BCUT2D eigenvalue weighted by atomic mass is 19.3. The summed E-state index contributed by atoms with van der Waals surface area (Å²) < 4.78 is 32.5. The van der Waals surface area contributed by atoms with Crippen molar-refractivity contribution in [1.82, 2.24) is 9.78 Å². The number of aromatic nitrogens is 2. The number of nitrogens with zero attached hydrogens (tertiary/aromatic N) is 2. The molecule has 0 saturated carbocycles. The predicted molar refractivity (Wildman–Crippen MR) is 36.7 cm³/mol. The Morgan fingerprint density at radius 3 is 2.83 bits per heavy atom. The van der Waals surface area contributed by atoms with E-state index in [1.54, 1.807) is 0 Å². The Bertz CT molecular complexity index is 350. The summed E-state index contributed by atoms with van der Waals surface area (Å²) in [7, 11) is 1.29. The minimum atomic E-state index is -2.90. The molecule has 12 heavy (non-hydrogen) atoms. The minimum Gasteiger partial charge on any atom is -0.365 e. The van der Waals surface area contributed by atoms with Crippen LogP contribution in [-0.2, 0) is 7.05 Å². The number of hydrogen-bond acceptors (Lipinski definition) is 2. The Hall–Kier alpha value is -1.46. The molecule has 1 amide bonds. The van der Waals surface area contributed by atoms with Crippen molar-refractivity contribution in [2.75, 3.05) is 0 Å². The molecule has 0 bridgehead atoms. The number of alkyl halides is 2. The van der Waals surface area contributed by atoms with Crippen molar-refractivity contribution in [3.63, 3.8) is 0 Å². The summed E-state index contributed by atoms with van der Waals surface area (Å²) >= 11 is 0. The first-order valence-electron chi connectivity index (χ1n) is 3.56. The molecule has 0 spiro atoms. The maximum Gasteiger partial charge on any atom is 0.282 e. The molecule has 0 radical (unpaired) electrons. The van der Waals surface area contributed by atoms with Gasteiger partial charge in [-0.25, -0.2) is 8.78 Å². The van der Waals surface area contributed by atoms with E-state index >= 15 is 0 Å². The van der Waals surface area contributed by atoms with E-state index in [2.05, 4.69) is 5.10 Å². The van der Waals surface area contributed by atoms with Crippen molar-refractivity contribution in [3.8, 4) is 0 Å². The zero-order valence-electron chi connectivity index (χ0n) is 7.21. The molecule has 0 aliphatic rings. The smallest absolute Gasteiger partial charge is 0.282 e. The Kier molecular flexibility index (Phi) is 1.73. The highest BCUT2D eigenvalue weighted by Crippen LogP contribution is 2.20. The van der Waals surface area contributed by atoms with Crippen LogP contribution < -0.4 is 5.73 Å². The molecule has 2 N–H and O–H groups in total. The molecule has 0 saturated heterocycles. The molecule has 1 heterocycles. The largest absolute Gasteiger partial charge is 0.365 e. The molecule has 0 aliphatic carbocycles. The Balaban J connectivity index is 3.35. The third-order valence-electron chi connectivity index (χ3n) is 1.24. The SMILES string of the molecule is [1H]c1c(C(N)=O)c(C(F)F)nn1C. The first-order chi connectivity index (χ1) is 5.95. The molecule has 1 aromatic heterocycles. The zero-order chi connectivity index (χ0) is 10.2. The lowest BCUT2D eigenvalue weighted by Gasteiger charge is -1.94. The number of halogens is 2. The van der Waals surface area contributed by atoms with E-state index in [0.717, 1.165) is 4.68 Å². The van der Waals surface area contributed by atoms with Crippen LogP contribution in [0.15, 0.2) is 6.17 Å². The molecular formula is C6H7F2N3O. The molecule has 0 fully saturated rings. The van der Waals surface area contributed by atoms with Gasteiger partial charge in [-0.05, 0) is 0 Å². The second-order valence-electron chi connectivity index (χ2n) is 2.16. The molecule has 0 atom stereocenters. The van der Waals surface area contributed by atoms with Gasteiger partial charge in [-0.3, -0.25) is 9.48 Å². The molecule has 0 aliphatic heterocycles. The van der Waals surface area contributed by atoms with E-state index in [9.17, 15) is 13.6 Å². The van der Waals surface area contributed by atoms with Crippen LogP contribution >= 0.6 is 0 Å². The van der Waals surface area contributed by atoms with E-state index in [-0.39, 0.29) is 0 Å². The van der Waals surface area contributed by atoms with Gasteiger partial charge in [0.25, 0.3) is 12.3 Å². The molecule has 66 valence electrons. The van der Waals surface area contributed by atoms with Gasteiger partial charge in [0.15, 0.2) is 0 Å². The van der Waals surface area contributed by atoms with Crippen LogP contribution in [0.4, 0.5) is 8.78 Å². The Morgan fingerprint density at radius 1 is 1.92 bits per heavy atom. The van der Waals surface area contributed by atoms with Gasteiger partial charge in [-0.15, -0.1) is 0 Å². The van der Waals surface area contributed by atoms with Crippen molar-refractivity contribution < 1.29 is 14.9 Å². The fraction of sp³-hybridized carbons (Fsp3) is 0.333. The average molecular weight is 175 g/mol. The summed E-state index contributed by atoms with van der Waals surface area (Å²) in [5, 5.41) is 3.31. The van der Waals surface area contributed by atoms with Gasteiger partial charge in [-0.1, -0.05) is 0 Å². The fourth-order valence-corrected chi connectivity index (χ4v) is 0.790. The number of rotatable bonds is 2. The second kappa shape index (κ2) is 2.88. The van der Waals surface area contributed by atoms with E-state index in [0.29, 0.717) is 0 Å². The number of primary amides is 1. The molecule has 4 nitrogen and oxygen atoms in total. The molecule has 1 rings (SSSR count). The maximum absolute atomic E-state index is 12.2. The van der Waals surface area contributed by atoms with Crippen molar-refractivity contribution in [2.24, 2.45) is 12.8 Å². The lowest BCUT2D eigenvalue weighted by molar-refractivity contribution is 0.0985. The summed E-state index contributed by atoms with van der Waals surface area (Å²) in [6.07, 6.45) is -3.30. The van der Waals surface area contributed by atoms with E-state index < -0.39 is 29.8 Å². The van der Waals surface area contributed by atoms with Gasteiger partial charge in [0.05, 0.1) is 6.93 Å². The number of aryl methyl sites for hydroxylation is 1. The minimum absolute atomic E-state index is 0.400. The summed E-state index contributed by atoms with van der Waals surface area (Å²) in [5.41, 5.74) is 3.57. The first kappa shape index (κ1) is 7.20. The van der Waals surface area contributed by atoms with Gasteiger partial charge in [0.1, 0.15) is 5.69 Å². The quantitative estimate of drug-likeness (QED) is 0.709. The lowest BCUT2D eigenvalue weighted by atomic mass is 10.2. The topological polar surface area (TPSA) is 60.9 Å². The van der Waals surface area contributed by atoms with Crippen LogP contribution in [0, 0.1) is 0 Å². The van der Waals surface area contributed by atoms with Crippen molar-refractivity contribution >= 4 is 5.91 Å². The number of carbonyl (C=O) groups excluding carboxylic acids is 1. The van der Waals surface area contributed by atoms with E-state index in [1.165, 1.54) is 7.05 Å².